The minimum atomic E-state index is -4.76. The third kappa shape index (κ3) is 4.61. The van der Waals surface area contributed by atoms with E-state index in [9.17, 15) is 18.0 Å². The van der Waals surface area contributed by atoms with E-state index in [-0.39, 0.29) is 17.5 Å². The Labute approximate surface area is 113 Å². The van der Waals surface area contributed by atoms with Crippen LogP contribution in [0.2, 0.25) is 0 Å². The molecule has 1 aliphatic heterocycles. The van der Waals surface area contributed by atoms with E-state index in [0.717, 1.165) is 12.1 Å². The van der Waals surface area contributed by atoms with Crippen LogP contribution in [0.3, 0.4) is 0 Å². The van der Waals surface area contributed by atoms with Gasteiger partial charge in [-0.05, 0) is 18.6 Å². The Balaban J connectivity index is 1.91. The number of rotatable bonds is 3. The van der Waals surface area contributed by atoms with E-state index in [0.29, 0.717) is 19.6 Å². The van der Waals surface area contributed by atoms with Crippen LogP contribution >= 0.6 is 0 Å². The summed E-state index contributed by atoms with van der Waals surface area (Å²) < 4.78 is 45.1. The van der Waals surface area contributed by atoms with E-state index in [4.69, 9.17) is 4.74 Å². The van der Waals surface area contributed by atoms with Crippen LogP contribution in [0.15, 0.2) is 24.3 Å². The summed E-state index contributed by atoms with van der Waals surface area (Å²) in [4.78, 5) is 11.6. The normalized spacial score (nSPS) is 18.6. The molecule has 1 heterocycles. The quantitative estimate of drug-likeness (QED) is 0.899. The molecule has 0 aliphatic carbocycles. The van der Waals surface area contributed by atoms with Gasteiger partial charge in [0.2, 0.25) is 0 Å². The third-order valence-corrected chi connectivity index (χ3v) is 2.59. The zero-order chi connectivity index (χ0) is 14.6. The van der Waals surface area contributed by atoms with E-state index in [1.54, 1.807) is 0 Å². The van der Waals surface area contributed by atoms with E-state index in [1.807, 2.05) is 0 Å². The van der Waals surface area contributed by atoms with E-state index < -0.39 is 12.4 Å². The number of nitrogens with one attached hydrogen (secondary N) is 2. The highest BCUT2D eigenvalue weighted by atomic mass is 19.4. The van der Waals surface area contributed by atoms with Gasteiger partial charge in [-0.25, -0.2) is 4.79 Å². The average molecular weight is 290 g/mol. The topological polar surface area (TPSA) is 59.6 Å². The molecule has 5 nitrogen and oxygen atoms in total. The zero-order valence-electron chi connectivity index (χ0n) is 10.4. The summed E-state index contributed by atoms with van der Waals surface area (Å²) in [5, 5.41) is 5.10. The van der Waals surface area contributed by atoms with Gasteiger partial charge in [0, 0.05) is 18.4 Å². The van der Waals surface area contributed by atoms with Crippen LogP contribution in [-0.2, 0) is 4.74 Å². The maximum atomic E-state index is 12.1. The van der Waals surface area contributed by atoms with Crippen molar-refractivity contribution in [3.63, 3.8) is 0 Å². The summed E-state index contributed by atoms with van der Waals surface area (Å²) in [7, 11) is 0. The van der Waals surface area contributed by atoms with Crippen LogP contribution in [0.25, 0.3) is 0 Å². The molecular weight excluding hydrogens is 277 g/mol. The number of ether oxygens (including phenoxy) is 2. The van der Waals surface area contributed by atoms with Gasteiger partial charge in [-0.15, -0.1) is 13.2 Å². The Bertz CT molecular complexity index is 473. The molecule has 2 N–H and O–H groups in total. The van der Waals surface area contributed by atoms with Crippen molar-refractivity contribution in [2.24, 2.45) is 0 Å². The van der Waals surface area contributed by atoms with Crippen molar-refractivity contribution in [3.8, 4) is 5.75 Å². The lowest BCUT2D eigenvalue weighted by Gasteiger charge is -2.13. The van der Waals surface area contributed by atoms with Crippen LogP contribution in [0, 0.1) is 0 Å². The standard InChI is InChI=1S/C12H13F3N2O3/c13-12(14,15)20-10-3-1-2-8(6-10)16-11(18)17-9-4-5-19-7-9/h1-3,6,9H,4-5,7H2,(H2,16,17,18). The Morgan fingerprint density at radius 3 is 2.85 bits per heavy atom. The summed E-state index contributed by atoms with van der Waals surface area (Å²) in [6.45, 7) is 1.02. The molecule has 20 heavy (non-hydrogen) atoms. The van der Waals surface area contributed by atoms with Gasteiger partial charge in [-0.2, -0.15) is 0 Å². The molecule has 1 aromatic rings. The van der Waals surface area contributed by atoms with Crippen molar-refractivity contribution in [2.75, 3.05) is 18.5 Å². The predicted octanol–water partition coefficient (Wildman–Crippen LogP) is 2.50. The summed E-state index contributed by atoms with van der Waals surface area (Å²) >= 11 is 0. The largest absolute Gasteiger partial charge is 0.573 e. The molecule has 0 saturated carbocycles. The lowest BCUT2D eigenvalue weighted by molar-refractivity contribution is -0.274. The number of amides is 2. The molecule has 0 spiro atoms. The molecule has 8 heteroatoms. The van der Waals surface area contributed by atoms with Crippen LogP contribution in [0.4, 0.5) is 23.7 Å². The number of carbonyl (C=O) groups excluding carboxylic acids is 1. The molecule has 2 rings (SSSR count). The van der Waals surface area contributed by atoms with Gasteiger partial charge in [0.1, 0.15) is 5.75 Å². The molecule has 0 radical (unpaired) electrons. The first kappa shape index (κ1) is 14.4. The molecule has 0 bridgehead atoms. The first-order valence-corrected chi connectivity index (χ1v) is 5.93. The molecule has 0 aromatic heterocycles. The molecule has 1 aliphatic rings. The summed E-state index contributed by atoms with van der Waals surface area (Å²) in [6, 6.07) is 4.50. The first-order valence-electron chi connectivity index (χ1n) is 5.93. The molecule has 2 amide bonds. The fraction of sp³-hybridized carbons (Fsp3) is 0.417. The highest BCUT2D eigenvalue weighted by molar-refractivity contribution is 5.89. The SMILES string of the molecule is O=C(Nc1cccc(OC(F)(F)F)c1)NC1CCOC1. The maximum Gasteiger partial charge on any atom is 0.573 e. The zero-order valence-corrected chi connectivity index (χ0v) is 10.4. The van der Waals surface area contributed by atoms with Gasteiger partial charge in [-0.3, -0.25) is 0 Å². The van der Waals surface area contributed by atoms with Crippen molar-refractivity contribution >= 4 is 11.7 Å². The fourth-order valence-electron chi connectivity index (χ4n) is 1.77. The smallest absolute Gasteiger partial charge is 0.406 e. The van der Waals surface area contributed by atoms with Gasteiger partial charge < -0.3 is 20.1 Å². The Kier molecular flexibility index (Phi) is 4.33. The second kappa shape index (κ2) is 6.00. The Hall–Kier alpha value is -1.96. The first-order chi connectivity index (χ1) is 9.42. The van der Waals surface area contributed by atoms with Gasteiger partial charge >= 0.3 is 12.4 Å². The number of hydrogen-bond donors (Lipinski definition) is 2. The second-order valence-electron chi connectivity index (χ2n) is 4.23. The molecule has 1 aromatic carbocycles. The average Bonchev–Trinajstić information content (AvgIpc) is 2.79. The number of urea groups is 1. The number of hydrogen-bond acceptors (Lipinski definition) is 3. The fourth-order valence-corrected chi connectivity index (χ4v) is 1.77. The molecular formula is C12H13F3N2O3. The van der Waals surface area contributed by atoms with Crippen molar-refractivity contribution in [1.29, 1.82) is 0 Å². The maximum absolute atomic E-state index is 12.1. The van der Waals surface area contributed by atoms with Crippen LogP contribution < -0.4 is 15.4 Å². The summed E-state index contributed by atoms with van der Waals surface area (Å²) in [5.41, 5.74) is 0.211. The van der Waals surface area contributed by atoms with Crippen molar-refractivity contribution < 1.29 is 27.4 Å². The summed E-state index contributed by atoms with van der Waals surface area (Å²) in [5.74, 6) is -0.389. The second-order valence-corrected chi connectivity index (χ2v) is 4.23. The number of benzene rings is 1. The lowest BCUT2D eigenvalue weighted by Crippen LogP contribution is -2.38. The minimum Gasteiger partial charge on any atom is -0.406 e. The van der Waals surface area contributed by atoms with Crippen molar-refractivity contribution in [2.45, 2.75) is 18.8 Å². The van der Waals surface area contributed by atoms with Gasteiger partial charge in [0.15, 0.2) is 0 Å². The molecule has 1 unspecified atom stereocenters. The van der Waals surface area contributed by atoms with Crippen molar-refractivity contribution in [3.05, 3.63) is 24.3 Å². The van der Waals surface area contributed by atoms with E-state index in [2.05, 4.69) is 15.4 Å². The molecule has 1 atom stereocenters. The Morgan fingerprint density at radius 1 is 1.40 bits per heavy atom. The predicted molar refractivity (Wildman–Crippen MR) is 64.5 cm³/mol. The third-order valence-electron chi connectivity index (χ3n) is 2.59. The minimum absolute atomic E-state index is 0.0791. The van der Waals surface area contributed by atoms with E-state index >= 15 is 0 Å². The number of halogens is 3. The highest BCUT2D eigenvalue weighted by Crippen LogP contribution is 2.24. The number of alkyl halides is 3. The highest BCUT2D eigenvalue weighted by Gasteiger charge is 2.31. The summed E-state index contributed by atoms with van der Waals surface area (Å²) in [6.07, 6.45) is -4.05. The number of carbonyl (C=O) groups is 1. The van der Waals surface area contributed by atoms with Crippen LogP contribution in [-0.4, -0.2) is 31.6 Å². The van der Waals surface area contributed by atoms with Gasteiger partial charge in [-0.1, -0.05) is 6.07 Å². The molecule has 1 saturated heterocycles. The van der Waals surface area contributed by atoms with E-state index in [1.165, 1.54) is 12.1 Å². The van der Waals surface area contributed by atoms with Crippen LogP contribution in [0.1, 0.15) is 6.42 Å². The van der Waals surface area contributed by atoms with Gasteiger partial charge in [0.05, 0.1) is 12.6 Å². The lowest BCUT2D eigenvalue weighted by atomic mass is 10.2. The Morgan fingerprint density at radius 2 is 2.20 bits per heavy atom. The monoisotopic (exact) mass is 290 g/mol. The number of anilines is 1. The van der Waals surface area contributed by atoms with Crippen molar-refractivity contribution in [1.82, 2.24) is 5.32 Å². The molecule has 110 valence electrons. The van der Waals surface area contributed by atoms with Crippen LogP contribution in [0.5, 0.6) is 5.75 Å². The molecule has 1 fully saturated rings. The van der Waals surface area contributed by atoms with Gasteiger partial charge in [0.25, 0.3) is 0 Å².